The monoisotopic (exact) mass is 485 g/mol. The van der Waals surface area contributed by atoms with Crippen LogP contribution in [0.1, 0.15) is 52.9 Å². The first-order valence-electron chi connectivity index (χ1n) is 11.5. The lowest BCUT2D eigenvalue weighted by atomic mass is 9.95. The number of carbonyl (C=O) groups is 1. The normalized spacial score (nSPS) is 12.1. The molecule has 0 aliphatic carbocycles. The van der Waals surface area contributed by atoms with Gasteiger partial charge in [-0.15, -0.1) is 0 Å². The van der Waals surface area contributed by atoms with Crippen LogP contribution < -0.4 is 5.32 Å². The lowest BCUT2D eigenvalue weighted by molar-refractivity contribution is 0.0936. The number of aromatic amines is 1. The number of aromatic nitrogens is 2. The van der Waals surface area contributed by atoms with Gasteiger partial charge < -0.3 is 20.1 Å². The Balaban J connectivity index is 1.71. The number of H-pyrrole nitrogens is 1. The molecule has 1 atom stereocenters. The van der Waals surface area contributed by atoms with Crippen molar-refractivity contribution in [2.24, 2.45) is 5.41 Å². The summed E-state index contributed by atoms with van der Waals surface area (Å²) in [4.78, 5) is 21.0. The van der Waals surface area contributed by atoms with E-state index in [0.29, 0.717) is 23.6 Å². The average Bonchev–Trinajstić information content (AvgIpc) is 3.26. The SMILES string of the molecule is COCC(C)(C)C#Cc1cc(C)nc(C(=O)NC(c2cc3ccccc3[nH]2)c2cc(F)ccc2O)c1. The van der Waals surface area contributed by atoms with Crippen LogP contribution in [-0.2, 0) is 4.74 Å². The molecule has 6 nitrogen and oxygen atoms in total. The minimum Gasteiger partial charge on any atom is -0.508 e. The molecular weight excluding hydrogens is 457 g/mol. The van der Waals surface area contributed by atoms with Crippen LogP contribution in [0.2, 0.25) is 0 Å². The Morgan fingerprint density at radius 2 is 1.97 bits per heavy atom. The summed E-state index contributed by atoms with van der Waals surface area (Å²) in [6.07, 6.45) is 0. The van der Waals surface area contributed by atoms with E-state index in [9.17, 15) is 14.3 Å². The van der Waals surface area contributed by atoms with Gasteiger partial charge in [-0.05, 0) is 68.6 Å². The molecule has 0 saturated heterocycles. The van der Waals surface area contributed by atoms with E-state index in [1.54, 1.807) is 26.2 Å². The number of pyridine rings is 1. The van der Waals surface area contributed by atoms with Crippen LogP contribution in [0.25, 0.3) is 10.9 Å². The topological polar surface area (TPSA) is 87.2 Å². The Labute approximate surface area is 209 Å². The molecule has 7 heteroatoms. The number of amides is 1. The summed E-state index contributed by atoms with van der Waals surface area (Å²) >= 11 is 0. The zero-order valence-corrected chi connectivity index (χ0v) is 20.6. The minimum atomic E-state index is -0.849. The number of nitrogens with zero attached hydrogens (tertiary/aromatic N) is 1. The highest BCUT2D eigenvalue weighted by Crippen LogP contribution is 2.31. The minimum absolute atomic E-state index is 0.135. The first kappa shape index (κ1) is 25.0. The van der Waals surface area contributed by atoms with Crippen LogP contribution in [0.4, 0.5) is 4.39 Å². The third-order valence-corrected chi connectivity index (χ3v) is 5.67. The van der Waals surface area contributed by atoms with Crippen molar-refractivity contribution in [3.05, 3.63) is 94.7 Å². The van der Waals surface area contributed by atoms with Crippen LogP contribution in [-0.4, -0.2) is 34.7 Å². The predicted octanol–water partition coefficient (Wildman–Crippen LogP) is 5.26. The second-order valence-electron chi connectivity index (χ2n) is 9.37. The van der Waals surface area contributed by atoms with Crippen molar-refractivity contribution in [3.8, 4) is 17.6 Å². The van der Waals surface area contributed by atoms with Gasteiger partial charge in [0.1, 0.15) is 17.3 Å². The molecule has 4 rings (SSSR count). The third-order valence-electron chi connectivity index (χ3n) is 5.67. The Hall–Kier alpha value is -4.15. The number of carbonyl (C=O) groups excluding carboxylic acids is 1. The van der Waals surface area contributed by atoms with Crippen LogP contribution in [0.15, 0.2) is 60.7 Å². The summed E-state index contributed by atoms with van der Waals surface area (Å²) < 4.78 is 19.4. The van der Waals surface area contributed by atoms with Crippen molar-refractivity contribution in [2.75, 3.05) is 13.7 Å². The van der Waals surface area contributed by atoms with Crippen molar-refractivity contribution in [1.82, 2.24) is 15.3 Å². The molecule has 0 fully saturated rings. The highest BCUT2D eigenvalue weighted by molar-refractivity contribution is 5.93. The molecule has 2 aromatic heterocycles. The van der Waals surface area contributed by atoms with Crippen LogP contribution in [0.3, 0.4) is 0 Å². The number of hydrogen-bond acceptors (Lipinski definition) is 4. The lowest BCUT2D eigenvalue weighted by Crippen LogP contribution is -2.30. The van der Waals surface area contributed by atoms with Crippen LogP contribution in [0.5, 0.6) is 5.75 Å². The fourth-order valence-corrected chi connectivity index (χ4v) is 4.03. The van der Waals surface area contributed by atoms with E-state index >= 15 is 0 Å². The van der Waals surface area contributed by atoms with Crippen molar-refractivity contribution in [3.63, 3.8) is 0 Å². The molecule has 2 aromatic carbocycles. The molecule has 0 aliphatic rings. The van der Waals surface area contributed by atoms with E-state index in [4.69, 9.17) is 4.74 Å². The summed E-state index contributed by atoms with van der Waals surface area (Å²) in [5.74, 6) is 5.15. The number of methoxy groups -OCH3 is 1. The summed E-state index contributed by atoms with van der Waals surface area (Å²) in [6.45, 7) is 6.21. The highest BCUT2D eigenvalue weighted by atomic mass is 19.1. The molecule has 3 N–H and O–H groups in total. The number of benzene rings is 2. The van der Waals surface area contributed by atoms with Gasteiger partial charge >= 0.3 is 0 Å². The maximum Gasteiger partial charge on any atom is 0.270 e. The zero-order valence-electron chi connectivity index (χ0n) is 20.6. The van der Waals surface area contributed by atoms with Crippen molar-refractivity contribution in [2.45, 2.75) is 26.8 Å². The molecule has 1 amide bonds. The van der Waals surface area contributed by atoms with E-state index in [1.807, 2.05) is 44.2 Å². The Bertz CT molecular complexity index is 1450. The highest BCUT2D eigenvalue weighted by Gasteiger charge is 2.24. The number of aromatic hydroxyl groups is 1. The number of fused-ring (bicyclic) bond motifs is 1. The average molecular weight is 486 g/mol. The second kappa shape index (κ2) is 10.2. The first-order chi connectivity index (χ1) is 17.1. The van der Waals surface area contributed by atoms with E-state index in [0.717, 1.165) is 10.9 Å². The third kappa shape index (κ3) is 5.73. The van der Waals surface area contributed by atoms with Crippen LogP contribution in [0, 0.1) is 30.0 Å². The maximum atomic E-state index is 14.2. The molecule has 0 aliphatic heterocycles. The molecule has 4 aromatic rings. The molecule has 184 valence electrons. The van der Waals surface area contributed by atoms with Crippen molar-refractivity contribution < 1.29 is 19.0 Å². The van der Waals surface area contributed by atoms with E-state index in [2.05, 4.69) is 27.1 Å². The number of phenols is 1. The number of phenolic OH excluding ortho intramolecular Hbond substituents is 1. The number of hydrogen-bond donors (Lipinski definition) is 3. The molecule has 0 radical (unpaired) electrons. The first-order valence-corrected chi connectivity index (χ1v) is 11.5. The van der Waals surface area contributed by atoms with Gasteiger partial charge in [0, 0.05) is 40.6 Å². The number of ether oxygens (including phenoxy) is 1. The summed E-state index contributed by atoms with van der Waals surface area (Å²) in [5.41, 5.74) is 2.76. The molecule has 2 heterocycles. The van der Waals surface area contributed by atoms with Crippen molar-refractivity contribution >= 4 is 16.8 Å². The predicted molar refractivity (Wildman–Crippen MR) is 137 cm³/mol. The Kier molecular flexibility index (Phi) is 7.09. The van der Waals surface area contributed by atoms with Gasteiger partial charge in [0.15, 0.2) is 0 Å². The van der Waals surface area contributed by atoms with Gasteiger partial charge in [0.05, 0.1) is 12.6 Å². The Morgan fingerprint density at radius 3 is 2.72 bits per heavy atom. The number of aryl methyl sites for hydroxylation is 1. The van der Waals surface area contributed by atoms with Gasteiger partial charge in [0.2, 0.25) is 0 Å². The maximum absolute atomic E-state index is 14.2. The number of rotatable bonds is 6. The number of halogens is 1. The Morgan fingerprint density at radius 1 is 1.19 bits per heavy atom. The lowest BCUT2D eigenvalue weighted by Gasteiger charge is -2.19. The van der Waals surface area contributed by atoms with Gasteiger partial charge in [-0.1, -0.05) is 30.0 Å². The van der Waals surface area contributed by atoms with Gasteiger partial charge in [-0.2, -0.15) is 0 Å². The van der Waals surface area contributed by atoms with E-state index in [-0.39, 0.29) is 22.4 Å². The van der Waals surface area contributed by atoms with E-state index in [1.165, 1.54) is 18.2 Å². The van der Waals surface area contributed by atoms with Gasteiger partial charge in [0.25, 0.3) is 5.91 Å². The summed E-state index contributed by atoms with van der Waals surface area (Å²) in [5, 5.41) is 14.4. The van der Waals surface area contributed by atoms with E-state index < -0.39 is 17.8 Å². The molecule has 0 saturated carbocycles. The van der Waals surface area contributed by atoms with Crippen molar-refractivity contribution in [1.29, 1.82) is 0 Å². The van der Waals surface area contributed by atoms with Gasteiger partial charge in [-0.3, -0.25) is 4.79 Å². The standard InChI is InChI=1S/C29H28FN3O3/c1-18-13-19(11-12-29(2,3)17-36-4)14-25(31-18)28(35)33-27(22-16-21(30)9-10-26(22)34)24-15-20-7-5-6-8-23(20)32-24/h5-10,13-16,27,32,34H,17H2,1-4H3,(H,33,35). The molecular formula is C29H28FN3O3. The number of nitrogens with one attached hydrogen (secondary N) is 2. The molecule has 1 unspecified atom stereocenters. The summed E-state index contributed by atoms with van der Waals surface area (Å²) in [6, 6.07) is 15.7. The molecule has 0 bridgehead atoms. The largest absolute Gasteiger partial charge is 0.508 e. The number of para-hydroxylation sites is 1. The van der Waals surface area contributed by atoms with Crippen LogP contribution >= 0.6 is 0 Å². The quantitative estimate of drug-likeness (QED) is 0.325. The van der Waals surface area contributed by atoms with Gasteiger partial charge in [-0.25, -0.2) is 9.37 Å². The molecule has 36 heavy (non-hydrogen) atoms. The molecule has 0 spiro atoms. The second-order valence-corrected chi connectivity index (χ2v) is 9.37. The summed E-state index contributed by atoms with van der Waals surface area (Å²) in [7, 11) is 1.63. The fraction of sp³-hybridized carbons (Fsp3) is 0.241. The zero-order chi connectivity index (χ0) is 25.9. The fourth-order valence-electron chi connectivity index (χ4n) is 4.03. The smallest absolute Gasteiger partial charge is 0.270 e.